The van der Waals surface area contributed by atoms with Gasteiger partial charge in [0.15, 0.2) is 0 Å². The van der Waals surface area contributed by atoms with Crippen LogP contribution in [0.1, 0.15) is 24.3 Å². The third-order valence-electron chi connectivity index (χ3n) is 4.43. The van der Waals surface area contributed by atoms with Crippen LogP contribution in [-0.2, 0) is 0 Å². The van der Waals surface area contributed by atoms with E-state index in [-0.39, 0.29) is 0 Å². The summed E-state index contributed by atoms with van der Waals surface area (Å²) >= 11 is 0. The SMILES string of the molecule is COc1ccc2c(O)c(-c3ccccc3)c(C3CC3)cc2c1. The molecule has 2 heteroatoms. The van der Waals surface area contributed by atoms with Crippen LogP contribution in [0.15, 0.2) is 54.6 Å². The number of benzene rings is 3. The third kappa shape index (κ3) is 2.12. The van der Waals surface area contributed by atoms with Crippen molar-refractivity contribution in [2.75, 3.05) is 7.11 Å². The average molecular weight is 290 g/mol. The number of hydrogen-bond donors (Lipinski definition) is 1. The average Bonchev–Trinajstić information content (AvgIpc) is 3.40. The van der Waals surface area contributed by atoms with Crippen molar-refractivity contribution in [1.29, 1.82) is 0 Å². The van der Waals surface area contributed by atoms with Crippen molar-refractivity contribution in [3.63, 3.8) is 0 Å². The van der Waals surface area contributed by atoms with E-state index in [1.807, 2.05) is 36.4 Å². The van der Waals surface area contributed by atoms with E-state index in [0.717, 1.165) is 27.6 Å². The molecule has 0 heterocycles. The Labute approximate surface area is 130 Å². The van der Waals surface area contributed by atoms with E-state index < -0.39 is 0 Å². The van der Waals surface area contributed by atoms with Crippen molar-refractivity contribution in [2.45, 2.75) is 18.8 Å². The van der Waals surface area contributed by atoms with Gasteiger partial charge >= 0.3 is 0 Å². The van der Waals surface area contributed by atoms with Gasteiger partial charge in [-0.2, -0.15) is 0 Å². The Morgan fingerprint density at radius 2 is 1.77 bits per heavy atom. The molecule has 0 radical (unpaired) electrons. The minimum absolute atomic E-state index is 0.383. The lowest BCUT2D eigenvalue weighted by Gasteiger charge is -2.15. The molecule has 3 aromatic carbocycles. The summed E-state index contributed by atoms with van der Waals surface area (Å²) in [6, 6.07) is 18.2. The first-order valence-corrected chi connectivity index (χ1v) is 7.67. The van der Waals surface area contributed by atoms with Gasteiger partial charge in [0, 0.05) is 10.9 Å². The van der Waals surface area contributed by atoms with Gasteiger partial charge in [-0.15, -0.1) is 0 Å². The number of fused-ring (bicyclic) bond motifs is 1. The van der Waals surface area contributed by atoms with Crippen molar-refractivity contribution in [3.05, 3.63) is 60.2 Å². The normalized spacial score (nSPS) is 14.2. The zero-order valence-electron chi connectivity index (χ0n) is 12.5. The highest BCUT2D eigenvalue weighted by atomic mass is 16.5. The van der Waals surface area contributed by atoms with Crippen LogP contribution < -0.4 is 4.74 Å². The molecule has 2 nitrogen and oxygen atoms in total. The van der Waals surface area contributed by atoms with E-state index in [9.17, 15) is 5.11 Å². The fourth-order valence-electron chi connectivity index (χ4n) is 3.14. The zero-order valence-corrected chi connectivity index (χ0v) is 12.5. The van der Waals surface area contributed by atoms with Crippen molar-refractivity contribution in [1.82, 2.24) is 0 Å². The van der Waals surface area contributed by atoms with Gasteiger partial charge in [-0.25, -0.2) is 0 Å². The number of ether oxygens (including phenoxy) is 1. The summed E-state index contributed by atoms with van der Waals surface area (Å²) in [5.74, 6) is 1.77. The Hall–Kier alpha value is -2.48. The Morgan fingerprint density at radius 3 is 2.45 bits per heavy atom. The highest BCUT2D eigenvalue weighted by molar-refractivity contribution is 5.97. The van der Waals surface area contributed by atoms with Gasteiger partial charge in [-0.3, -0.25) is 0 Å². The topological polar surface area (TPSA) is 29.5 Å². The first kappa shape index (κ1) is 13.2. The van der Waals surface area contributed by atoms with E-state index >= 15 is 0 Å². The summed E-state index contributed by atoms with van der Waals surface area (Å²) in [7, 11) is 1.67. The molecule has 0 aliphatic heterocycles. The van der Waals surface area contributed by atoms with Crippen molar-refractivity contribution >= 4 is 10.8 Å². The maximum Gasteiger partial charge on any atom is 0.131 e. The van der Waals surface area contributed by atoms with Crippen molar-refractivity contribution < 1.29 is 9.84 Å². The lowest BCUT2D eigenvalue weighted by atomic mass is 9.92. The number of methoxy groups -OCH3 is 1. The summed E-state index contributed by atoms with van der Waals surface area (Å²) in [6.45, 7) is 0. The summed E-state index contributed by atoms with van der Waals surface area (Å²) in [6.07, 6.45) is 2.41. The molecule has 1 fully saturated rings. The molecule has 0 amide bonds. The van der Waals surface area contributed by atoms with Gasteiger partial charge in [0.2, 0.25) is 0 Å². The van der Waals surface area contributed by atoms with E-state index in [4.69, 9.17) is 4.74 Å². The summed E-state index contributed by atoms with van der Waals surface area (Å²) in [4.78, 5) is 0. The van der Waals surface area contributed by atoms with Crippen molar-refractivity contribution in [3.8, 4) is 22.6 Å². The fourth-order valence-corrected chi connectivity index (χ4v) is 3.14. The first-order chi connectivity index (χ1) is 10.8. The molecule has 0 unspecified atom stereocenters. The largest absolute Gasteiger partial charge is 0.507 e. The number of rotatable bonds is 3. The molecule has 3 aromatic rings. The van der Waals surface area contributed by atoms with Gasteiger partial charge in [-0.05, 0) is 59.5 Å². The maximum atomic E-state index is 10.9. The lowest BCUT2D eigenvalue weighted by Crippen LogP contribution is -1.91. The molecule has 0 bridgehead atoms. The third-order valence-corrected chi connectivity index (χ3v) is 4.43. The molecule has 4 rings (SSSR count). The maximum absolute atomic E-state index is 10.9. The first-order valence-electron chi connectivity index (χ1n) is 7.67. The Morgan fingerprint density at radius 1 is 1.00 bits per heavy atom. The minimum atomic E-state index is 0.383. The molecular formula is C20H18O2. The quantitative estimate of drug-likeness (QED) is 0.727. The van der Waals surface area contributed by atoms with Crippen LogP contribution in [0.2, 0.25) is 0 Å². The number of aromatic hydroxyl groups is 1. The molecular weight excluding hydrogens is 272 g/mol. The molecule has 0 atom stereocenters. The molecule has 0 saturated heterocycles. The van der Waals surface area contributed by atoms with Crippen LogP contribution in [-0.4, -0.2) is 12.2 Å². The second-order valence-corrected chi connectivity index (χ2v) is 5.92. The van der Waals surface area contributed by atoms with E-state index in [2.05, 4.69) is 18.2 Å². The summed E-state index contributed by atoms with van der Waals surface area (Å²) in [5, 5.41) is 12.8. The monoisotopic (exact) mass is 290 g/mol. The van der Waals surface area contributed by atoms with Crippen molar-refractivity contribution in [2.24, 2.45) is 0 Å². The van der Waals surface area contributed by atoms with Crippen LogP contribution in [0.5, 0.6) is 11.5 Å². The summed E-state index contributed by atoms with van der Waals surface area (Å²) < 4.78 is 5.31. The number of phenolic OH excluding ortho intramolecular Hbond substituents is 1. The lowest BCUT2D eigenvalue weighted by molar-refractivity contribution is 0.415. The smallest absolute Gasteiger partial charge is 0.131 e. The number of phenols is 1. The second kappa shape index (κ2) is 5.06. The van der Waals surface area contributed by atoms with Gasteiger partial charge in [-0.1, -0.05) is 30.3 Å². The molecule has 1 saturated carbocycles. The van der Waals surface area contributed by atoms with E-state index in [0.29, 0.717) is 11.7 Å². The molecule has 1 aliphatic carbocycles. The Bertz CT molecular complexity index is 833. The molecule has 22 heavy (non-hydrogen) atoms. The van der Waals surface area contributed by atoms with Gasteiger partial charge in [0.25, 0.3) is 0 Å². The highest BCUT2D eigenvalue weighted by Gasteiger charge is 2.29. The Kier molecular flexibility index (Phi) is 3.04. The second-order valence-electron chi connectivity index (χ2n) is 5.92. The summed E-state index contributed by atoms with van der Waals surface area (Å²) in [5.41, 5.74) is 3.32. The Balaban J connectivity index is 2.02. The van der Waals surface area contributed by atoms with Gasteiger partial charge in [0.05, 0.1) is 7.11 Å². The highest BCUT2D eigenvalue weighted by Crippen LogP contribution is 2.49. The zero-order chi connectivity index (χ0) is 15.1. The van der Waals surface area contributed by atoms with Crippen LogP contribution in [0.25, 0.3) is 21.9 Å². The van der Waals surface area contributed by atoms with Gasteiger partial charge < -0.3 is 9.84 Å². The standard InChI is InChI=1S/C20H18O2/c1-22-16-9-10-17-15(11-16)12-18(13-7-8-13)19(20(17)21)14-5-3-2-4-6-14/h2-6,9-13,21H,7-8H2,1H3. The predicted octanol–water partition coefficient (Wildman–Crippen LogP) is 5.10. The van der Waals surface area contributed by atoms with Crippen LogP contribution in [0.3, 0.4) is 0 Å². The van der Waals surface area contributed by atoms with Gasteiger partial charge in [0.1, 0.15) is 11.5 Å². The van der Waals surface area contributed by atoms with Crippen LogP contribution >= 0.6 is 0 Å². The molecule has 0 spiro atoms. The van der Waals surface area contributed by atoms with E-state index in [1.165, 1.54) is 18.4 Å². The molecule has 1 N–H and O–H groups in total. The minimum Gasteiger partial charge on any atom is -0.507 e. The molecule has 110 valence electrons. The molecule has 1 aliphatic rings. The van der Waals surface area contributed by atoms with E-state index in [1.54, 1.807) is 7.11 Å². The fraction of sp³-hybridized carbons (Fsp3) is 0.200. The number of hydrogen-bond acceptors (Lipinski definition) is 2. The molecule has 0 aromatic heterocycles. The van der Waals surface area contributed by atoms with Crippen LogP contribution in [0, 0.1) is 0 Å². The van der Waals surface area contributed by atoms with Crippen LogP contribution in [0.4, 0.5) is 0 Å². The predicted molar refractivity (Wildman–Crippen MR) is 89.6 cm³/mol.